The van der Waals surface area contributed by atoms with E-state index in [1.807, 2.05) is 30.5 Å². The maximum absolute atomic E-state index is 8.67. The molecular formula is C13H11BrN2. The molecule has 0 aromatic heterocycles. The van der Waals surface area contributed by atoms with Gasteiger partial charge in [-0.1, -0.05) is 22.0 Å². The average molecular weight is 275 g/mol. The second kappa shape index (κ2) is 5.00. The summed E-state index contributed by atoms with van der Waals surface area (Å²) in [5, 5.41) is 8.67. The highest BCUT2D eigenvalue weighted by molar-refractivity contribution is 9.10. The molecule has 16 heavy (non-hydrogen) atoms. The summed E-state index contributed by atoms with van der Waals surface area (Å²) in [6, 6.07) is 10.3. The number of benzene rings is 1. The SMILES string of the molecule is N#CCC1=CC=CN(c2ccc(Br)cc2)C1. The first-order valence-corrected chi connectivity index (χ1v) is 5.84. The normalized spacial score (nSPS) is 14.5. The fourth-order valence-corrected chi connectivity index (χ4v) is 1.90. The van der Waals surface area contributed by atoms with Gasteiger partial charge in [0.15, 0.2) is 0 Å². The molecule has 1 aliphatic rings. The first-order chi connectivity index (χ1) is 7.79. The minimum atomic E-state index is 0.497. The van der Waals surface area contributed by atoms with Crippen molar-refractivity contribution in [3.05, 3.63) is 52.7 Å². The molecular weight excluding hydrogens is 264 g/mol. The van der Waals surface area contributed by atoms with Gasteiger partial charge >= 0.3 is 0 Å². The predicted octanol–water partition coefficient (Wildman–Crippen LogP) is 3.62. The van der Waals surface area contributed by atoms with Crippen molar-refractivity contribution in [1.29, 1.82) is 5.26 Å². The Bertz CT molecular complexity index is 466. The quantitative estimate of drug-likeness (QED) is 0.824. The monoisotopic (exact) mass is 274 g/mol. The summed E-state index contributed by atoms with van der Waals surface area (Å²) < 4.78 is 1.07. The standard InChI is InChI=1S/C13H11BrN2/c14-12-3-5-13(6-4-12)16-9-1-2-11(10-16)7-8-15/h1-6,9H,7,10H2. The number of hydrogen-bond donors (Lipinski definition) is 0. The van der Waals surface area contributed by atoms with E-state index < -0.39 is 0 Å². The molecule has 0 bridgehead atoms. The summed E-state index contributed by atoms with van der Waals surface area (Å²) in [4.78, 5) is 2.14. The highest BCUT2D eigenvalue weighted by Gasteiger charge is 2.08. The maximum Gasteiger partial charge on any atom is 0.0666 e. The zero-order valence-electron chi connectivity index (χ0n) is 8.73. The lowest BCUT2D eigenvalue weighted by Gasteiger charge is -2.24. The fourth-order valence-electron chi connectivity index (χ4n) is 1.63. The Morgan fingerprint density at radius 1 is 1.31 bits per heavy atom. The van der Waals surface area contributed by atoms with E-state index in [-0.39, 0.29) is 0 Å². The molecule has 1 aliphatic heterocycles. The molecule has 0 amide bonds. The predicted molar refractivity (Wildman–Crippen MR) is 68.9 cm³/mol. The second-order valence-electron chi connectivity index (χ2n) is 3.61. The number of nitrogens with zero attached hydrogens (tertiary/aromatic N) is 2. The van der Waals surface area contributed by atoms with E-state index in [9.17, 15) is 0 Å². The molecule has 2 nitrogen and oxygen atoms in total. The number of halogens is 1. The zero-order valence-corrected chi connectivity index (χ0v) is 10.3. The van der Waals surface area contributed by atoms with Gasteiger partial charge in [-0.15, -0.1) is 0 Å². The van der Waals surface area contributed by atoms with Crippen molar-refractivity contribution < 1.29 is 0 Å². The number of rotatable bonds is 2. The lowest BCUT2D eigenvalue weighted by Crippen LogP contribution is -2.21. The van der Waals surface area contributed by atoms with Crippen molar-refractivity contribution >= 4 is 21.6 Å². The van der Waals surface area contributed by atoms with Crippen molar-refractivity contribution in [1.82, 2.24) is 0 Å². The van der Waals surface area contributed by atoms with Crippen molar-refractivity contribution in [2.24, 2.45) is 0 Å². The smallest absolute Gasteiger partial charge is 0.0666 e. The molecule has 1 heterocycles. The molecule has 0 radical (unpaired) electrons. The summed E-state index contributed by atoms with van der Waals surface area (Å²) in [6.07, 6.45) is 6.53. The van der Waals surface area contributed by atoms with Crippen molar-refractivity contribution in [2.75, 3.05) is 11.4 Å². The largest absolute Gasteiger partial charge is 0.344 e. The second-order valence-corrected chi connectivity index (χ2v) is 4.52. The maximum atomic E-state index is 8.67. The Hall–Kier alpha value is -1.53. The van der Waals surface area contributed by atoms with Crippen LogP contribution in [0.3, 0.4) is 0 Å². The van der Waals surface area contributed by atoms with Gasteiger partial charge in [0.1, 0.15) is 0 Å². The Morgan fingerprint density at radius 3 is 2.75 bits per heavy atom. The van der Waals surface area contributed by atoms with E-state index in [0.717, 1.165) is 22.3 Å². The first-order valence-electron chi connectivity index (χ1n) is 5.05. The number of allylic oxidation sites excluding steroid dienone is 2. The van der Waals surface area contributed by atoms with E-state index >= 15 is 0 Å². The minimum Gasteiger partial charge on any atom is -0.344 e. The van der Waals surface area contributed by atoms with Crippen LogP contribution in [0.15, 0.2) is 52.7 Å². The van der Waals surface area contributed by atoms with Gasteiger partial charge in [0.05, 0.1) is 12.5 Å². The number of hydrogen-bond acceptors (Lipinski definition) is 2. The molecule has 0 unspecified atom stereocenters. The molecule has 3 heteroatoms. The van der Waals surface area contributed by atoms with Crippen LogP contribution in [0.5, 0.6) is 0 Å². The van der Waals surface area contributed by atoms with Crippen LogP contribution in [0.1, 0.15) is 6.42 Å². The molecule has 0 saturated carbocycles. The van der Waals surface area contributed by atoms with Crippen LogP contribution >= 0.6 is 15.9 Å². The van der Waals surface area contributed by atoms with E-state index in [0.29, 0.717) is 6.42 Å². The third-order valence-electron chi connectivity index (χ3n) is 2.44. The van der Waals surface area contributed by atoms with Crippen LogP contribution in [-0.2, 0) is 0 Å². The van der Waals surface area contributed by atoms with Crippen LogP contribution in [-0.4, -0.2) is 6.54 Å². The molecule has 0 saturated heterocycles. The first kappa shape index (κ1) is 11.0. The van der Waals surface area contributed by atoms with Gasteiger partial charge < -0.3 is 4.90 Å². The Labute approximate surface area is 104 Å². The third-order valence-corrected chi connectivity index (χ3v) is 2.96. The van der Waals surface area contributed by atoms with Gasteiger partial charge in [-0.2, -0.15) is 5.26 Å². The average Bonchev–Trinajstić information content (AvgIpc) is 2.31. The molecule has 1 aromatic carbocycles. The van der Waals surface area contributed by atoms with Gasteiger partial charge in [-0.25, -0.2) is 0 Å². The van der Waals surface area contributed by atoms with Crippen LogP contribution in [0.2, 0.25) is 0 Å². The van der Waals surface area contributed by atoms with E-state index in [4.69, 9.17) is 5.26 Å². The Balaban J connectivity index is 2.14. The van der Waals surface area contributed by atoms with E-state index in [1.54, 1.807) is 0 Å². The summed E-state index contributed by atoms with van der Waals surface area (Å²) in [7, 11) is 0. The van der Waals surface area contributed by atoms with Gasteiger partial charge in [-0.3, -0.25) is 0 Å². The number of anilines is 1. The molecule has 0 spiro atoms. The van der Waals surface area contributed by atoms with Gasteiger partial charge in [0, 0.05) is 22.9 Å². The van der Waals surface area contributed by atoms with E-state index in [2.05, 4.69) is 39.0 Å². The summed E-state index contributed by atoms with van der Waals surface area (Å²) in [5.74, 6) is 0. The van der Waals surface area contributed by atoms with Crippen LogP contribution in [0.25, 0.3) is 0 Å². The van der Waals surface area contributed by atoms with Crippen LogP contribution in [0.4, 0.5) is 5.69 Å². The number of nitriles is 1. The van der Waals surface area contributed by atoms with E-state index in [1.165, 1.54) is 0 Å². The molecule has 80 valence electrons. The zero-order chi connectivity index (χ0) is 11.4. The summed E-state index contributed by atoms with van der Waals surface area (Å²) >= 11 is 3.42. The lowest BCUT2D eigenvalue weighted by atomic mass is 10.1. The molecule has 2 rings (SSSR count). The van der Waals surface area contributed by atoms with Gasteiger partial charge in [0.25, 0.3) is 0 Å². The molecule has 0 N–H and O–H groups in total. The van der Waals surface area contributed by atoms with Gasteiger partial charge in [0.2, 0.25) is 0 Å². The van der Waals surface area contributed by atoms with Crippen molar-refractivity contribution in [2.45, 2.75) is 6.42 Å². The molecule has 0 atom stereocenters. The Morgan fingerprint density at radius 2 is 2.06 bits per heavy atom. The topological polar surface area (TPSA) is 27.0 Å². The van der Waals surface area contributed by atoms with Crippen LogP contribution < -0.4 is 4.90 Å². The highest BCUT2D eigenvalue weighted by Crippen LogP contribution is 2.22. The third kappa shape index (κ3) is 2.53. The lowest BCUT2D eigenvalue weighted by molar-refractivity contribution is 0.978. The molecule has 1 aromatic rings. The van der Waals surface area contributed by atoms with Crippen molar-refractivity contribution in [3.63, 3.8) is 0 Å². The summed E-state index contributed by atoms with van der Waals surface area (Å²) in [6.45, 7) is 0.797. The van der Waals surface area contributed by atoms with Gasteiger partial charge in [-0.05, 0) is 35.9 Å². The van der Waals surface area contributed by atoms with Crippen LogP contribution in [0, 0.1) is 11.3 Å². The molecule has 0 aliphatic carbocycles. The fraction of sp³-hybridized carbons (Fsp3) is 0.154. The summed E-state index contributed by atoms with van der Waals surface area (Å²) in [5.41, 5.74) is 2.29. The molecule has 0 fully saturated rings. The minimum absolute atomic E-state index is 0.497. The highest BCUT2D eigenvalue weighted by atomic mass is 79.9. The van der Waals surface area contributed by atoms with Crippen molar-refractivity contribution in [3.8, 4) is 6.07 Å². The Kier molecular flexibility index (Phi) is 3.43.